The van der Waals surface area contributed by atoms with Crippen LogP contribution in [0.5, 0.6) is 5.75 Å². The van der Waals surface area contributed by atoms with Gasteiger partial charge < -0.3 is 37.0 Å². The average molecular weight is 424 g/mol. The Hall–Kier alpha value is -3.18. The van der Waals surface area contributed by atoms with Crippen LogP contribution in [0.3, 0.4) is 0 Å². The molecule has 0 heterocycles. The second-order valence-corrected chi connectivity index (χ2v) is 7.01. The number of aliphatic hydroxyl groups excluding tert-OH is 1. The molecule has 0 saturated carbocycles. The second kappa shape index (κ2) is 11.7. The van der Waals surface area contributed by atoms with Crippen molar-refractivity contribution in [1.29, 1.82) is 0 Å². The van der Waals surface area contributed by atoms with E-state index in [1.165, 1.54) is 12.1 Å². The maximum absolute atomic E-state index is 12.7. The molecule has 166 valence electrons. The monoisotopic (exact) mass is 424 g/mol. The maximum Gasteiger partial charge on any atom is 0.328 e. The largest absolute Gasteiger partial charge is 0.508 e. The highest BCUT2D eigenvalue weighted by Gasteiger charge is 2.30. The zero-order chi connectivity index (χ0) is 22.8. The third-order valence-electron chi connectivity index (χ3n) is 4.26. The van der Waals surface area contributed by atoms with E-state index in [1.54, 1.807) is 26.0 Å². The van der Waals surface area contributed by atoms with Crippen LogP contribution in [0.2, 0.25) is 0 Å². The minimum atomic E-state index is -1.55. The number of hydrogen-bond acceptors (Lipinski definition) is 7. The SMILES string of the molecule is CC(C)C(NC(=O)CN)C(=O)NC(Cc1ccc(O)cc1)C(=O)NC(CO)C(=O)O. The van der Waals surface area contributed by atoms with Crippen LogP contribution in [0, 0.1) is 5.92 Å². The molecule has 1 aromatic carbocycles. The first-order valence-corrected chi connectivity index (χ1v) is 9.30. The molecule has 3 unspecified atom stereocenters. The molecule has 0 aliphatic rings. The lowest BCUT2D eigenvalue weighted by atomic mass is 10.0. The number of aliphatic hydroxyl groups is 1. The molecule has 3 amide bonds. The first-order chi connectivity index (χ1) is 14.1. The first kappa shape index (κ1) is 24.9. The topological polar surface area (TPSA) is 191 Å². The number of phenolic OH excluding ortho intramolecular Hbond substituents is 1. The highest BCUT2D eigenvalue weighted by Crippen LogP contribution is 2.12. The number of carbonyl (C=O) groups excluding carboxylic acids is 3. The molecule has 1 aromatic rings. The summed E-state index contributed by atoms with van der Waals surface area (Å²) in [5.41, 5.74) is 5.86. The van der Waals surface area contributed by atoms with Crippen LogP contribution < -0.4 is 21.7 Å². The van der Waals surface area contributed by atoms with Gasteiger partial charge in [-0.25, -0.2) is 4.79 Å². The molecule has 11 nitrogen and oxygen atoms in total. The molecular weight excluding hydrogens is 396 g/mol. The van der Waals surface area contributed by atoms with E-state index in [-0.39, 0.29) is 24.6 Å². The smallest absolute Gasteiger partial charge is 0.328 e. The number of carboxylic acids is 1. The predicted octanol–water partition coefficient (Wildman–Crippen LogP) is -1.92. The molecule has 11 heteroatoms. The van der Waals surface area contributed by atoms with Gasteiger partial charge in [0.25, 0.3) is 0 Å². The normalized spacial score (nSPS) is 13.8. The van der Waals surface area contributed by atoms with E-state index in [4.69, 9.17) is 15.9 Å². The molecule has 0 fully saturated rings. The van der Waals surface area contributed by atoms with E-state index in [1.807, 2.05) is 0 Å². The van der Waals surface area contributed by atoms with Gasteiger partial charge >= 0.3 is 5.97 Å². The van der Waals surface area contributed by atoms with Crippen molar-refractivity contribution in [3.8, 4) is 5.75 Å². The van der Waals surface area contributed by atoms with Gasteiger partial charge in [-0.1, -0.05) is 26.0 Å². The number of amides is 3. The summed E-state index contributed by atoms with van der Waals surface area (Å²) < 4.78 is 0. The summed E-state index contributed by atoms with van der Waals surface area (Å²) in [5, 5.41) is 34.8. The summed E-state index contributed by atoms with van der Waals surface area (Å²) >= 11 is 0. The van der Waals surface area contributed by atoms with E-state index < -0.39 is 48.4 Å². The minimum absolute atomic E-state index is 0.0133. The highest BCUT2D eigenvalue weighted by molar-refractivity contribution is 5.93. The summed E-state index contributed by atoms with van der Waals surface area (Å²) in [6.45, 7) is 2.25. The molecule has 1 rings (SSSR count). The molecule has 8 N–H and O–H groups in total. The van der Waals surface area contributed by atoms with Crippen molar-refractivity contribution in [2.24, 2.45) is 11.7 Å². The van der Waals surface area contributed by atoms with Crippen LogP contribution >= 0.6 is 0 Å². The van der Waals surface area contributed by atoms with Crippen molar-refractivity contribution in [1.82, 2.24) is 16.0 Å². The molecule has 30 heavy (non-hydrogen) atoms. The maximum atomic E-state index is 12.7. The number of aromatic hydroxyl groups is 1. The van der Waals surface area contributed by atoms with E-state index in [2.05, 4.69) is 16.0 Å². The summed E-state index contributed by atoms with van der Waals surface area (Å²) in [6.07, 6.45) is -0.0225. The Morgan fingerprint density at radius 2 is 1.53 bits per heavy atom. The fourth-order valence-electron chi connectivity index (χ4n) is 2.56. The Kier molecular flexibility index (Phi) is 9.72. The number of nitrogens with two attached hydrogens (primary N) is 1. The van der Waals surface area contributed by atoms with Crippen molar-refractivity contribution in [2.45, 2.75) is 38.4 Å². The number of rotatable bonds is 11. The number of hydrogen-bond donors (Lipinski definition) is 7. The van der Waals surface area contributed by atoms with Gasteiger partial charge in [0.05, 0.1) is 13.2 Å². The Labute approximate surface area is 173 Å². The van der Waals surface area contributed by atoms with Gasteiger partial charge in [-0.2, -0.15) is 0 Å². The van der Waals surface area contributed by atoms with Gasteiger partial charge in [-0.05, 0) is 23.6 Å². The molecule has 3 atom stereocenters. The quantitative estimate of drug-likeness (QED) is 0.214. The zero-order valence-electron chi connectivity index (χ0n) is 16.8. The van der Waals surface area contributed by atoms with Crippen molar-refractivity contribution in [3.63, 3.8) is 0 Å². The van der Waals surface area contributed by atoms with Crippen LogP contribution in [0.25, 0.3) is 0 Å². The van der Waals surface area contributed by atoms with E-state index in [9.17, 15) is 24.3 Å². The zero-order valence-corrected chi connectivity index (χ0v) is 16.8. The Bertz CT molecular complexity index is 752. The van der Waals surface area contributed by atoms with Gasteiger partial charge in [-0.15, -0.1) is 0 Å². The van der Waals surface area contributed by atoms with Crippen molar-refractivity contribution in [3.05, 3.63) is 29.8 Å². The molecule has 0 spiro atoms. The van der Waals surface area contributed by atoms with Gasteiger partial charge in [0.2, 0.25) is 17.7 Å². The van der Waals surface area contributed by atoms with Gasteiger partial charge in [0, 0.05) is 6.42 Å². The number of carboxylic acid groups (broad SMARTS) is 1. The van der Waals surface area contributed by atoms with Crippen LogP contribution in [-0.2, 0) is 25.6 Å². The number of phenols is 1. The summed E-state index contributed by atoms with van der Waals surface area (Å²) in [7, 11) is 0. The second-order valence-electron chi connectivity index (χ2n) is 7.01. The lowest BCUT2D eigenvalue weighted by Gasteiger charge is -2.26. The Morgan fingerprint density at radius 3 is 2.00 bits per heavy atom. The molecule has 0 aliphatic carbocycles. The van der Waals surface area contributed by atoms with Crippen LogP contribution in [0.4, 0.5) is 0 Å². The number of nitrogens with one attached hydrogen (secondary N) is 3. The summed E-state index contributed by atoms with van der Waals surface area (Å²) in [4.78, 5) is 48.1. The molecule has 0 saturated heterocycles. The molecule has 0 aromatic heterocycles. The van der Waals surface area contributed by atoms with Gasteiger partial charge in [0.1, 0.15) is 23.9 Å². The average Bonchev–Trinajstić information content (AvgIpc) is 2.70. The van der Waals surface area contributed by atoms with Crippen molar-refractivity contribution in [2.75, 3.05) is 13.2 Å². The van der Waals surface area contributed by atoms with E-state index in [0.717, 1.165) is 0 Å². The standard InChI is InChI=1S/C19H28N4O7/c1-10(2)16(23-15(26)8-20)18(28)21-13(7-11-3-5-12(25)6-4-11)17(27)22-14(9-24)19(29)30/h3-6,10,13-14,16,24-25H,7-9,20H2,1-2H3,(H,21,28)(H,22,27)(H,23,26)(H,29,30). The fourth-order valence-corrected chi connectivity index (χ4v) is 2.56. The number of benzene rings is 1. The van der Waals surface area contributed by atoms with E-state index in [0.29, 0.717) is 5.56 Å². The minimum Gasteiger partial charge on any atom is -0.508 e. The van der Waals surface area contributed by atoms with Crippen molar-refractivity contribution >= 4 is 23.7 Å². The van der Waals surface area contributed by atoms with Gasteiger partial charge in [-0.3, -0.25) is 14.4 Å². The molecule has 0 radical (unpaired) electrons. The summed E-state index contributed by atoms with van der Waals surface area (Å²) in [6, 6.07) is 2.17. The van der Waals surface area contributed by atoms with Crippen molar-refractivity contribution < 1.29 is 34.5 Å². The lowest BCUT2D eigenvalue weighted by molar-refractivity contribution is -0.143. The van der Waals surface area contributed by atoms with Crippen LogP contribution in [0.15, 0.2) is 24.3 Å². The van der Waals surface area contributed by atoms with Crippen LogP contribution in [-0.4, -0.2) is 70.3 Å². The van der Waals surface area contributed by atoms with Crippen LogP contribution in [0.1, 0.15) is 19.4 Å². The molecule has 0 bridgehead atoms. The Balaban J connectivity index is 3.06. The van der Waals surface area contributed by atoms with E-state index >= 15 is 0 Å². The predicted molar refractivity (Wildman–Crippen MR) is 106 cm³/mol. The summed E-state index contributed by atoms with van der Waals surface area (Å²) in [5.74, 6) is -3.76. The molecular formula is C19H28N4O7. The third-order valence-corrected chi connectivity index (χ3v) is 4.26. The number of carbonyl (C=O) groups is 4. The Morgan fingerprint density at radius 1 is 0.967 bits per heavy atom. The fraction of sp³-hybridized carbons (Fsp3) is 0.474. The first-order valence-electron chi connectivity index (χ1n) is 9.30. The number of aliphatic carboxylic acids is 1. The molecule has 0 aliphatic heterocycles. The third kappa shape index (κ3) is 7.68. The highest BCUT2D eigenvalue weighted by atomic mass is 16.4. The van der Waals surface area contributed by atoms with Gasteiger partial charge in [0.15, 0.2) is 0 Å². The lowest BCUT2D eigenvalue weighted by Crippen LogP contribution is -2.58.